The van der Waals surface area contributed by atoms with Crippen LogP contribution in [0.5, 0.6) is 0 Å². The summed E-state index contributed by atoms with van der Waals surface area (Å²) in [4.78, 5) is 12.4. The van der Waals surface area contributed by atoms with Gasteiger partial charge in [0.25, 0.3) is 0 Å². The maximum Gasteiger partial charge on any atom is 0.409 e. The number of aliphatic hydroxyl groups is 3. The average Bonchev–Trinajstić information content (AvgIpc) is 2.64. The Kier molecular flexibility index (Phi) is 15.5. The summed E-state index contributed by atoms with van der Waals surface area (Å²) in [5.74, 6) is 0. The molecular weight excluding hydrogens is 358 g/mol. The number of nitrogens with zero attached hydrogens (tertiary/aromatic N) is 1. The Labute approximate surface area is 172 Å². The Morgan fingerprint density at radius 3 is 1.57 bits per heavy atom. The van der Waals surface area contributed by atoms with Crippen molar-refractivity contribution in [2.75, 3.05) is 6.61 Å². The van der Waals surface area contributed by atoms with Crippen LogP contribution in [0.2, 0.25) is 0 Å². The third kappa shape index (κ3) is 11.9. The molecule has 2 atom stereocenters. The molecule has 0 radical (unpaired) electrons. The van der Waals surface area contributed by atoms with E-state index in [-0.39, 0.29) is 0 Å². The Hall–Kier alpha value is -0.850. The van der Waals surface area contributed by atoms with Gasteiger partial charge >= 0.3 is 6.09 Å². The summed E-state index contributed by atoms with van der Waals surface area (Å²) in [6.45, 7) is 5.05. The molecule has 0 aromatic carbocycles. The Bertz CT molecular complexity index is 389. The second kappa shape index (κ2) is 16.0. The molecular formula is C22H45NO5. The summed E-state index contributed by atoms with van der Waals surface area (Å²) in [6.07, 6.45) is 12.5. The summed E-state index contributed by atoms with van der Waals surface area (Å²) in [7, 11) is 0. The molecule has 0 rings (SSSR count). The van der Waals surface area contributed by atoms with Gasteiger partial charge in [-0.25, -0.2) is 4.79 Å². The average molecular weight is 404 g/mol. The molecule has 1 amide bonds. The van der Waals surface area contributed by atoms with E-state index >= 15 is 0 Å². The second-order valence-corrected chi connectivity index (χ2v) is 8.62. The summed E-state index contributed by atoms with van der Waals surface area (Å²) < 4.78 is 0. The van der Waals surface area contributed by atoms with Gasteiger partial charge in [0.1, 0.15) is 6.10 Å². The fourth-order valence-electron chi connectivity index (χ4n) is 3.69. The van der Waals surface area contributed by atoms with Gasteiger partial charge < -0.3 is 20.4 Å². The normalized spacial score (nSPS) is 14.1. The van der Waals surface area contributed by atoms with Crippen molar-refractivity contribution in [2.45, 2.75) is 129 Å². The fourth-order valence-corrected chi connectivity index (χ4v) is 3.69. The smallest absolute Gasteiger partial charge is 0.409 e. The minimum absolute atomic E-state index is 0.603. The number of aliphatic hydroxyl groups excluding tert-OH is 3. The minimum Gasteiger partial charge on any atom is -0.465 e. The number of hydrogen-bond donors (Lipinski definition) is 4. The molecule has 0 aliphatic carbocycles. The lowest BCUT2D eigenvalue weighted by Gasteiger charge is -2.41. The van der Waals surface area contributed by atoms with Crippen molar-refractivity contribution in [3.63, 3.8) is 0 Å². The molecule has 0 aliphatic heterocycles. The zero-order chi connectivity index (χ0) is 21.4. The highest BCUT2D eigenvalue weighted by Gasteiger charge is 2.38. The number of unbranched alkanes of at least 4 members (excludes halogenated alkanes) is 12. The van der Waals surface area contributed by atoms with Crippen LogP contribution >= 0.6 is 0 Å². The Morgan fingerprint density at radius 1 is 0.821 bits per heavy atom. The van der Waals surface area contributed by atoms with Crippen LogP contribution in [0.15, 0.2) is 0 Å². The first kappa shape index (κ1) is 27.1. The van der Waals surface area contributed by atoms with E-state index in [4.69, 9.17) is 5.11 Å². The lowest BCUT2D eigenvalue weighted by Crippen LogP contribution is -2.57. The second-order valence-electron chi connectivity index (χ2n) is 8.62. The standard InChI is InChI=1S/C22H45NO5/c1-4-5-6-7-8-9-10-11-12-13-14-15-16-17-22(2,3)23(21(27)28)20(26)19(25)18-24/h19-20,24-26H,4-18H2,1-3H3,(H,27,28). The lowest BCUT2D eigenvalue weighted by molar-refractivity contribution is -0.118. The minimum atomic E-state index is -1.63. The molecule has 0 aromatic heterocycles. The zero-order valence-electron chi connectivity index (χ0n) is 18.4. The maximum atomic E-state index is 11.5. The van der Waals surface area contributed by atoms with E-state index in [1.54, 1.807) is 13.8 Å². The summed E-state index contributed by atoms with van der Waals surface area (Å²) in [5, 5.41) is 38.0. The van der Waals surface area contributed by atoms with Crippen LogP contribution in [0.3, 0.4) is 0 Å². The number of carboxylic acid groups (broad SMARTS) is 1. The van der Waals surface area contributed by atoms with Crippen molar-refractivity contribution >= 4 is 6.09 Å². The Morgan fingerprint density at radius 2 is 1.21 bits per heavy atom. The molecule has 0 aliphatic rings. The number of carbonyl (C=O) groups is 1. The molecule has 168 valence electrons. The predicted octanol–water partition coefficient (Wildman–Crippen LogP) is 4.90. The molecule has 0 aromatic rings. The highest BCUT2D eigenvalue weighted by atomic mass is 16.4. The lowest BCUT2D eigenvalue weighted by atomic mass is 9.93. The van der Waals surface area contributed by atoms with E-state index in [1.807, 2.05) is 0 Å². The quantitative estimate of drug-likeness (QED) is 0.193. The molecule has 0 saturated carbocycles. The maximum absolute atomic E-state index is 11.5. The van der Waals surface area contributed by atoms with Gasteiger partial charge in [0.05, 0.1) is 6.61 Å². The van der Waals surface area contributed by atoms with Crippen molar-refractivity contribution < 1.29 is 25.2 Å². The molecule has 6 nitrogen and oxygen atoms in total. The van der Waals surface area contributed by atoms with E-state index in [0.717, 1.165) is 24.2 Å². The topological polar surface area (TPSA) is 101 Å². The van der Waals surface area contributed by atoms with E-state index in [9.17, 15) is 20.1 Å². The van der Waals surface area contributed by atoms with Crippen molar-refractivity contribution in [3.8, 4) is 0 Å². The van der Waals surface area contributed by atoms with Gasteiger partial charge in [0.15, 0.2) is 6.23 Å². The van der Waals surface area contributed by atoms with Gasteiger partial charge in [0.2, 0.25) is 0 Å². The SMILES string of the molecule is CCCCCCCCCCCCCCCC(C)(C)N(C(=O)O)C(O)C(O)CO. The van der Waals surface area contributed by atoms with Gasteiger partial charge in [-0.3, -0.25) is 4.90 Å². The van der Waals surface area contributed by atoms with Crippen LogP contribution in [0.1, 0.15) is 111 Å². The molecule has 0 bridgehead atoms. The van der Waals surface area contributed by atoms with Crippen LogP contribution in [0.25, 0.3) is 0 Å². The van der Waals surface area contributed by atoms with Gasteiger partial charge in [-0.1, -0.05) is 90.4 Å². The van der Waals surface area contributed by atoms with Gasteiger partial charge in [-0.2, -0.15) is 0 Å². The summed E-state index contributed by atoms with van der Waals surface area (Å²) >= 11 is 0. The number of hydrogen-bond acceptors (Lipinski definition) is 4. The molecule has 28 heavy (non-hydrogen) atoms. The monoisotopic (exact) mass is 403 g/mol. The number of amides is 1. The molecule has 2 unspecified atom stereocenters. The molecule has 0 saturated heterocycles. The largest absolute Gasteiger partial charge is 0.465 e. The molecule has 0 heterocycles. The van der Waals surface area contributed by atoms with Crippen LogP contribution in [0, 0.1) is 0 Å². The highest BCUT2D eigenvalue weighted by molar-refractivity contribution is 5.66. The number of rotatable bonds is 18. The van der Waals surface area contributed by atoms with Crippen LogP contribution in [-0.2, 0) is 0 Å². The van der Waals surface area contributed by atoms with Crippen molar-refractivity contribution in [1.82, 2.24) is 4.90 Å². The van der Waals surface area contributed by atoms with Crippen molar-refractivity contribution in [3.05, 3.63) is 0 Å². The van der Waals surface area contributed by atoms with Gasteiger partial charge in [0, 0.05) is 5.54 Å². The van der Waals surface area contributed by atoms with Gasteiger partial charge in [-0.15, -0.1) is 0 Å². The molecule has 4 N–H and O–H groups in total. The van der Waals surface area contributed by atoms with E-state index in [0.29, 0.717) is 6.42 Å². The summed E-state index contributed by atoms with van der Waals surface area (Å²) in [6, 6.07) is 0. The van der Waals surface area contributed by atoms with E-state index in [1.165, 1.54) is 64.2 Å². The van der Waals surface area contributed by atoms with Gasteiger partial charge in [-0.05, 0) is 20.3 Å². The van der Waals surface area contributed by atoms with E-state index < -0.39 is 30.6 Å². The first-order valence-electron chi connectivity index (χ1n) is 11.3. The first-order chi connectivity index (χ1) is 13.3. The van der Waals surface area contributed by atoms with Crippen molar-refractivity contribution in [2.24, 2.45) is 0 Å². The molecule has 6 heteroatoms. The first-order valence-corrected chi connectivity index (χ1v) is 11.3. The van der Waals surface area contributed by atoms with Crippen LogP contribution in [0.4, 0.5) is 4.79 Å². The van der Waals surface area contributed by atoms with Crippen LogP contribution in [-0.4, -0.2) is 55.9 Å². The summed E-state index contributed by atoms with van der Waals surface area (Å²) in [5.41, 5.74) is -0.806. The van der Waals surface area contributed by atoms with Crippen LogP contribution < -0.4 is 0 Å². The third-order valence-electron chi connectivity index (χ3n) is 5.55. The Balaban J connectivity index is 3.89. The fraction of sp³-hybridized carbons (Fsp3) is 0.955. The molecule has 0 fully saturated rings. The third-order valence-corrected chi connectivity index (χ3v) is 5.55. The predicted molar refractivity (Wildman–Crippen MR) is 113 cm³/mol. The highest BCUT2D eigenvalue weighted by Crippen LogP contribution is 2.25. The van der Waals surface area contributed by atoms with Crippen molar-refractivity contribution in [1.29, 1.82) is 0 Å². The molecule has 0 spiro atoms. The van der Waals surface area contributed by atoms with E-state index in [2.05, 4.69) is 6.92 Å². The zero-order valence-corrected chi connectivity index (χ0v) is 18.4.